The van der Waals surface area contributed by atoms with Crippen molar-refractivity contribution in [2.24, 2.45) is 0 Å². The number of aryl methyl sites for hydroxylation is 1. The zero-order chi connectivity index (χ0) is 21.7. The van der Waals surface area contributed by atoms with Crippen molar-refractivity contribution in [2.45, 2.75) is 18.9 Å². The van der Waals surface area contributed by atoms with E-state index in [2.05, 4.69) is 10.3 Å². The van der Waals surface area contributed by atoms with E-state index >= 15 is 0 Å². The van der Waals surface area contributed by atoms with E-state index < -0.39 is 0 Å². The third-order valence-electron chi connectivity index (χ3n) is 4.67. The minimum atomic E-state index is -0.300. The number of nitrogens with zero attached hydrogens (tertiary/aromatic N) is 2. The molecule has 0 spiro atoms. The largest absolute Gasteiger partial charge is 0.441 e. The van der Waals surface area contributed by atoms with E-state index in [1.165, 1.54) is 12.1 Å². The van der Waals surface area contributed by atoms with Gasteiger partial charge in [0.05, 0.1) is 17.3 Å². The molecule has 2 aromatic carbocycles. The summed E-state index contributed by atoms with van der Waals surface area (Å²) in [6.07, 6.45) is 2.15. The Labute approximate surface area is 184 Å². The van der Waals surface area contributed by atoms with E-state index in [-0.39, 0.29) is 24.2 Å². The monoisotopic (exact) mass is 449 g/mol. The first-order valence-electron chi connectivity index (χ1n) is 9.42. The van der Waals surface area contributed by atoms with Crippen molar-refractivity contribution < 1.29 is 13.6 Å². The average molecular weight is 450 g/mol. The quantitative estimate of drug-likeness (QED) is 0.517. The molecule has 3 rings (SSSR count). The van der Waals surface area contributed by atoms with E-state index in [4.69, 9.17) is 27.6 Å². The molecule has 30 heavy (non-hydrogen) atoms. The second kappa shape index (κ2) is 10.1. The number of rotatable bonds is 8. The van der Waals surface area contributed by atoms with Gasteiger partial charge in [0.2, 0.25) is 5.91 Å². The van der Waals surface area contributed by atoms with Crippen LogP contribution in [-0.2, 0) is 11.2 Å². The number of nitrogens with one attached hydrogen (secondary N) is 1. The van der Waals surface area contributed by atoms with Crippen LogP contribution in [0.1, 0.15) is 23.9 Å². The number of aromatic nitrogens is 1. The van der Waals surface area contributed by atoms with Crippen molar-refractivity contribution in [3.05, 3.63) is 76.0 Å². The summed E-state index contributed by atoms with van der Waals surface area (Å²) in [4.78, 5) is 18.5. The number of oxazole rings is 1. The highest BCUT2D eigenvalue weighted by Crippen LogP contribution is 2.30. The number of hydrogen-bond acceptors (Lipinski definition) is 4. The lowest BCUT2D eigenvalue weighted by Crippen LogP contribution is -2.34. The molecular weight excluding hydrogens is 428 g/mol. The first-order chi connectivity index (χ1) is 14.3. The summed E-state index contributed by atoms with van der Waals surface area (Å²) in [7, 11) is 3.77. The summed E-state index contributed by atoms with van der Waals surface area (Å²) >= 11 is 12.1. The molecule has 0 aliphatic carbocycles. The van der Waals surface area contributed by atoms with Gasteiger partial charge >= 0.3 is 0 Å². The fraction of sp³-hybridized carbons (Fsp3) is 0.273. The third kappa shape index (κ3) is 5.81. The van der Waals surface area contributed by atoms with Crippen molar-refractivity contribution in [3.63, 3.8) is 0 Å². The molecule has 0 saturated heterocycles. The number of carbonyl (C=O) groups is 1. The molecule has 1 unspecified atom stereocenters. The summed E-state index contributed by atoms with van der Waals surface area (Å²) in [5.74, 6) is 0.528. The van der Waals surface area contributed by atoms with Crippen LogP contribution in [0.4, 0.5) is 4.39 Å². The Balaban J connectivity index is 1.55. The molecule has 0 aliphatic heterocycles. The first kappa shape index (κ1) is 22.3. The molecule has 0 aliphatic rings. The zero-order valence-corrected chi connectivity index (χ0v) is 18.2. The predicted octanol–water partition coefficient (Wildman–Crippen LogP) is 5.14. The van der Waals surface area contributed by atoms with Crippen LogP contribution in [-0.4, -0.2) is 36.4 Å². The van der Waals surface area contributed by atoms with Crippen LogP contribution in [0.5, 0.6) is 0 Å². The topological polar surface area (TPSA) is 58.4 Å². The molecule has 158 valence electrons. The number of carbonyl (C=O) groups excluding carboxylic acids is 1. The van der Waals surface area contributed by atoms with Crippen LogP contribution in [0.2, 0.25) is 10.0 Å². The number of benzene rings is 2. The van der Waals surface area contributed by atoms with Crippen LogP contribution in [0.3, 0.4) is 0 Å². The average Bonchev–Trinajstić information content (AvgIpc) is 3.15. The molecule has 0 radical (unpaired) electrons. The Hall–Kier alpha value is -2.41. The number of amides is 1. The van der Waals surface area contributed by atoms with Gasteiger partial charge in [0.15, 0.2) is 11.7 Å². The van der Waals surface area contributed by atoms with Crippen molar-refractivity contribution in [1.82, 2.24) is 15.2 Å². The Morgan fingerprint density at radius 1 is 1.23 bits per heavy atom. The van der Waals surface area contributed by atoms with Crippen LogP contribution in [0.15, 0.2) is 53.1 Å². The van der Waals surface area contributed by atoms with Crippen molar-refractivity contribution >= 4 is 29.1 Å². The number of halogens is 3. The Bertz CT molecular complexity index is 1020. The molecule has 1 atom stereocenters. The molecule has 0 saturated carbocycles. The summed E-state index contributed by atoms with van der Waals surface area (Å²) in [5, 5.41) is 3.90. The molecule has 5 nitrogen and oxygen atoms in total. The van der Waals surface area contributed by atoms with Gasteiger partial charge in [0, 0.05) is 30.0 Å². The smallest absolute Gasteiger partial charge is 0.220 e. The van der Waals surface area contributed by atoms with Crippen molar-refractivity contribution in [2.75, 3.05) is 20.6 Å². The minimum absolute atomic E-state index is 0.134. The second-order valence-electron chi connectivity index (χ2n) is 7.08. The standard InChI is InChI=1S/C22H22Cl2FN3O2/c1-28(2)19(14-4-3-5-16(25)10-14)12-26-21(29)8-9-22-27-13-20(30-22)17-7-6-15(23)11-18(17)24/h3-7,10-11,13,19H,8-9,12H2,1-2H3,(H,26,29). The van der Waals surface area contributed by atoms with E-state index in [0.717, 1.165) is 5.56 Å². The normalized spacial score (nSPS) is 12.2. The SMILES string of the molecule is CN(C)C(CNC(=O)CCc1ncc(-c2ccc(Cl)cc2Cl)o1)c1cccc(F)c1. The highest BCUT2D eigenvalue weighted by Gasteiger charge is 2.17. The fourth-order valence-corrected chi connectivity index (χ4v) is 3.57. The van der Waals surface area contributed by atoms with E-state index in [9.17, 15) is 9.18 Å². The third-order valence-corrected chi connectivity index (χ3v) is 5.21. The second-order valence-corrected chi connectivity index (χ2v) is 7.92. The maximum absolute atomic E-state index is 13.5. The summed E-state index contributed by atoms with van der Waals surface area (Å²) in [6.45, 7) is 0.368. The minimum Gasteiger partial charge on any atom is -0.441 e. The van der Waals surface area contributed by atoms with Gasteiger partial charge in [-0.25, -0.2) is 9.37 Å². The summed E-state index contributed by atoms with van der Waals surface area (Å²) in [5.41, 5.74) is 1.49. The summed E-state index contributed by atoms with van der Waals surface area (Å²) in [6, 6.07) is 11.4. The molecule has 0 fully saturated rings. The molecule has 3 aromatic rings. The maximum Gasteiger partial charge on any atom is 0.220 e. The lowest BCUT2D eigenvalue weighted by atomic mass is 10.1. The molecule has 1 amide bonds. The Morgan fingerprint density at radius 3 is 2.73 bits per heavy atom. The maximum atomic E-state index is 13.5. The molecule has 0 bridgehead atoms. The van der Waals surface area contributed by atoms with Gasteiger partial charge in [-0.3, -0.25) is 4.79 Å². The predicted molar refractivity (Wildman–Crippen MR) is 116 cm³/mol. The van der Waals surface area contributed by atoms with Gasteiger partial charge in [-0.1, -0.05) is 35.3 Å². The highest BCUT2D eigenvalue weighted by atomic mass is 35.5. The lowest BCUT2D eigenvalue weighted by molar-refractivity contribution is -0.121. The van der Waals surface area contributed by atoms with Crippen LogP contribution in [0, 0.1) is 5.82 Å². The van der Waals surface area contributed by atoms with Gasteiger partial charge in [-0.2, -0.15) is 0 Å². The molecule has 1 heterocycles. The molecule has 1 aromatic heterocycles. The Kier molecular flexibility index (Phi) is 7.48. The van der Waals surface area contributed by atoms with Gasteiger partial charge in [0.25, 0.3) is 0 Å². The van der Waals surface area contributed by atoms with Gasteiger partial charge in [-0.05, 0) is 50.0 Å². The Morgan fingerprint density at radius 2 is 2.03 bits per heavy atom. The van der Waals surface area contributed by atoms with E-state index in [0.29, 0.717) is 40.2 Å². The van der Waals surface area contributed by atoms with Crippen LogP contribution < -0.4 is 5.32 Å². The number of likely N-dealkylation sites (N-methyl/N-ethyl adjacent to an activating group) is 1. The fourth-order valence-electron chi connectivity index (χ4n) is 3.07. The van der Waals surface area contributed by atoms with Crippen LogP contribution >= 0.6 is 23.2 Å². The van der Waals surface area contributed by atoms with E-state index in [1.54, 1.807) is 30.5 Å². The lowest BCUT2D eigenvalue weighted by Gasteiger charge is -2.25. The molecule has 8 heteroatoms. The van der Waals surface area contributed by atoms with E-state index in [1.807, 2.05) is 25.1 Å². The van der Waals surface area contributed by atoms with Gasteiger partial charge < -0.3 is 14.6 Å². The van der Waals surface area contributed by atoms with Gasteiger partial charge in [0.1, 0.15) is 5.82 Å². The molecule has 1 N–H and O–H groups in total. The van der Waals surface area contributed by atoms with Gasteiger partial charge in [-0.15, -0.1) is 0 Å². The first-order valence-corrected chi connectivity index (χ1v) is 10.2. The van der Waals surface area contributed by atoms with Crippen LogP contribution in [0.25, 0.3) is 11.3 Å². The zero-order valence-electron chi connectivity index (χ0n) is 16.7. The summed E-state index contributed by atoms with van der Waals surface area (Å²) < 4.78 is 19.2. The number of hydrogen-bond donors (Lipinski definition) is 1. The van der Waals surface area contributed by atoms with Crippen molar-refractivity contribution in [3.8, 4) is 11.3 Å². The van der Waals surface area contributed by atoms with Crippen molar-refractivity contribution in [1.29, 1.82) is 0 Å². The molecular formula is C22H22Cl2FN3O2. The highest BCUT2D eigenvalue weighted by molar-refractivity contribution is 6.36.